The largest absolute Gasteiger partial charge is 0.404 e. The summed E-state index contributed by atoms with van der Waals surface area (Å²) in [5, 5.41) is 8.99. The molecule has 1 aliphatic heterocycles. The van der Waals surface area contributed by atoms with Gasteiger partial charge >= 0.3 is 6.18 Å². The summed E-state index contributed by atoms with van der Waals surface area (Å²) in [4.78, 5) is 1.41. The summed E-state index contributed by atoms with van der Waals surface area (Å²) in [7, 11) is 0. The van der Waals surface area contributed by atoms with Crippen LogP contribution in [0.2, 0.25) is 0 Å². The second-order valence-electron chi connectivity index (χ2n) is 4.32. The number of aliphatic hydroxyl groups excluding tert-OH is 1. The molecule has 0 aromatic rings. The molecule has 0 spiro atoms. The van der Waals surface area contributed by atoms with E-state index in [0.29, 0.717) is 19.5 Å². The van der Waals surface area contributed by atoms with Gasteiger partial charge < -0.3 is 10.8 Å². The van der Waals surface area contributed by atoms with Crippen LogP contribution in [0.1, 0.15) is 19.3 Å². The Morgan fingerprint density at radius 1 is 1.44 bits per heavy atom. The van der Waals surface area contributed by atoms with E-state index in [1.54, 1.807) is 0 Å². The summed E-state index contributed by atoms with van der Waals surface area (Å²) < 4.78 is 38.3. The van der Waals surface area contributed by atoms with E-state index in [-0.39, 0.29) is 25.5 Å². The topological polar surface area (TPSA) is 49.5 Å². The molecule has 1 aliphatic rings. The van der Waals surface area contributed by atoms with Gasteiger partial charge in [-0.2, -0.15) is 13.2 Å². The number of nitrogens with two attached hydrogens (primary N) is 1. The van der Waals surface area contributed by atoms with Gasteiger partial charge in [-0.25, -0.2) is 0 Å². The number of rotatable bonds is 4. The molecule has 0 aromatic heterocycles. The zero-order valence-electron chi connectivity index (χ0n) is 9.21. The van der Waals surface area contributed by atoms with Crippen LogP contribution in [0.4, 0.5) is 13.2 Å². The van der Waals surface area contributed by atoms with Crippen molar-refractivity contribution in [1.29, 1.82) is 0 Å². The molecule has 1 fully saturated rings. The van der Waals surface area contributed by atoms with Crippen molar-refractivity contribution in [2.75, 3.05) is 26.2 Å². The fraction of sp³-hybridized carbons (Fsp3) is 1.00. The van der Waals surface area contributed by atoms with Crippen molar-refractivity contribution in [3.05, 3.63) is 0 Å². The lowest BCUT2D eigenvalue weighted by Gasteiger charge is -2.38. The monoisotopic (exact) mass is 240 g/mol. The minimum Gasteiger partial charge on any atom is -0.396 e. The minimum absolute atomic E-state index is 0.0311. The SMILES string of the molecule is NCCC(N1CCCC(CO)C1)C(F)(F)F. The first-order valence-corrected chi connectivity index (χ1v) is 5.60. The Labute approximate surface area is 93.4 Å². The Morgan fingerprint density at radius 2 is 2.12 bits per heavy atom. The molecule has 2 unspecified atom stereocenters. The molecule has 0 aliphatic carbocycles. The Kier molecular flexibility index (Phi) is 5.01. The molecule has 1 rings (SSSR count). The average molecular weight is 240 g/mol. The predicted molar refractivity (Wildman–Crippen MR) is 54.9 cm³/mol. The van der Waals surface area contributed by atoms with Gasteiger partial charge in [0.25, 0.3) is 0 Å². The first-order chi connectivity index (χ1) is 7.49. The highest BCUT2D eigenvalue weighted by atomic mass is 19.4. The molecule has 1 heterocycles. The van der Waals surface area contributed by atoms with Crippen LogP contribution in [-0.2, 0) is 0 Å². The van der Waals surface area contributed by atoms with E-state index >= 15 is 0 Å². The quantitative estimate of drug-likeness (QED) is 0.770. The number of nitrogens with zero attached hydrogens (tertiary/aromatic N) is 1. The second-order valence-corrected chi connectivity index (χ2v) is 4.32. The molecule has 0 saturated carbocycles. The first-order valence-electron chi connectivity index (χ1n) is 5.60. The molecular weight excluding hydrogens is 221 g/mol. The molecule has 3 N–H and O–H groups in total. The summed E-state index contributed by atoms with van der Waals surface area (Å²) in [5.41, 5.74) is 5.22. The van der Waals surface area contributed by atoms with Crippen molar-refractivity contribution < 1.29 is 18.3 Å². The third kappa shape index (κ3) is 3.61. The van der Waals surface area contributed by atoms with Crippen molar-refractivity contribution in [1.82, 2.24) is 4.90 Å². The summed E-state index contributed by atoms with van der Waals surface area (Å²) in [6, 6.07) is -1.45. The first kappa shape index (κ1) is 13.7. The molecule has 2 atom stereocenters. The average Bonchev–Trinajstić information content (AvgIpc) is 2.24. The van der Waals surface area contributed by atoms with Crippen molar-refractivity contribution in [2.45, 2.75) is 31.5 Å². The van der Waals surface area contributed by atoms with E-state index in [4.69, 9.17) is 10.8 Å². The van der Waals surface area contributed by atoms with Crippen molar-refractivity contribution >= 4 is 0 Å². The zero-order chi connectivity index (χ0) is 12.2. The maximum absolute atomic E-state index is 12.8. The van der Waals surface area contributed by atoms with Crippen molar-refractivity contribution in [2.24, 2.45) is 11.7 Å². The van der Waals surface area contributed by atoms with Crippen LogP contribution < -0.4 is 5.73 Å². The van der Waals surface area contributed by atoms with Crippen LogP contribution >= 0.6 is 0 Å². The summed E-state index contributed by atoms with van der Waals surface area (Å²) >= 11 is 0. The van der Waals surface area contributed by atoms with Crippen LogP contribution in [0.3, 0.4) is 0 Å². The molecule has 0 radical (unpaired) electrons. The lowest BCUT2D eigenvalue weighted by atomic mass is 9.96. The summed E-state index contributed by atoms with van der Waals surface area (Å²) in [5.74, 6) is -0.0311. The molecule has 96 valence electrons. The van der Waals surface area contributed by atoms with E-state index in [1.165, 1.54) is 4.90 Å². The van der Waals surface area contributed by atoms with E-state index in [0.717, 1.165) is 6.42 Å². The zero-order valence-corrected chi connectivity index (χ0v) is 9.21. The van der Waals surface area contributed by atoms with Gasteiger partial charge in [-0.15, -0.1) is 0 Å². The predicted octanol–water partition coefficient (Wildman–Crippen LogP) is 0.970. The van der Waals surface area contributed by atoms with Crippen LogP contribution in [0, 0.1) is 5.92 Å². The smallest absolute Gasteiger partial charge is 0.396 e. The second kappa shape index (κ2) is 5.84. The molecule has 0 aromatic carbocycles. The maximum Gasteiger partial charge on any atom is 0.404 e. The highest BCUT2D eigenvalue weighted by Gasteiger charge is 2.43. The number of hydrogen-bond acceptors (Lipinski definition) is 3. The fourth-order valence-electron chi connectivity index (χ4n) is 2.24. The molecule has 0 bridgehead atoms. The number of alkyl halides is 3. The summed E-state index contributed by atoms with van der Waals surface area (Å²) in [6.45, 7) is 0.759. The van der Waals surface area contributed by atoms with Gasteiger partial charge in [0.1, 0.15) is 6.04 Å². The van der Waals surface area contributed by atoms with Gasteiger partial charge in [0.15, 0.2) is 0 Å². The maximum atomic E-state index is 12.8. The minimum atomic E-state index is -4.23. The van der Waals surface area contributed by atoms with Crippen LogP contribution in [0.5, 0.6) is 0 Å². The number of aliphatic hydroxyl groups is 1. The summed E-state index contributed by atoms with van der Waals surface area (Å²) in [6.07, 6.45) is -2.78. The highest BCUT2D eigenvalue weighted by molar-refractivity contribution is 4.83. The third-order valence-electron chi connectivity index (χ3n) is 3.07. The highest BCUT2D eigenvalue weighted by Crippen LogP contribution is 2.30. The van der Waals surface area contributed by atoms with E-state index in [2.05, 4.69) is 0 Å². The Hall–Kier alpha value is -0.330. The van der Waals surface area contributed by atoms with Crippen molar-refractivity contribution in [3.8, 4) is 0 Å². The Bertz CT molecular complexity index is 211. The Balaban J connectivity index is 2.63. The van der Waals surface area contributed by atoms with Crippen LogP contribution in [0.15, 0.2) is 0 Å². The van der Waals surface area contributed by atoms with Crippen LogP contribution in [0.25, 0.3) is 0 Å². The van der Waals surface area contributed by atoms with E-state index in [9.17, 15) is 13.2 Å². The standard InChI is InChI=1S/C10H19F3N2O/c11-10(12,13)9(3-4-14)15-5-1-2-8(6-15)7-16/h8-9,16H,1-7,14H2. The number of hydrogen-bond donors (Lipinski definition) is 2. The number of likely N-dealkylation sites (tertiary alicyclic amines) is 1. The van der Waals surface area contributed by atoms with E-state index in [1.807, 2.05) is 0 Å². The van der Waals surface area contributed by atoms with Gasteiger partial charge in [-0.3, -0.25) is 4.90 Å². The fourth-order valence-corrected chi connectivity index (χ4v) is 2.24. The van der Waals surface area contributed by atoms with Gasteiger partial charge in [0.05, 0.1) is 0 Å². The molecule has 3 nitrogen and oxygen atoms in total. The molecular formula is C10H19F3N2O. The molecule has 0 amide bonds. The third-order valence-corrected chi connectivity index (χ3v) is 3.07. The lowest BCUT2D eigenvalue weighted by molar-refractivity contribution is -0.189. The van der Waals surface area contributed by atoms with Crippen molar-refractivity contribution in [3.63, 3.8) is 0 Å². The van der Waals surface area contributed by atoms with Gasteiger partial charge in [-0.05, 0) is 38.3 Å². The van der Waals surface area contributed by atoms with E-state index < -0.39 is 12.2 Å². The van der Waals surface area contributed by atoms with Gasteiger partial charge in [-0.1, -0.05) is 0 Å². The van der Waals surface area contributed by atoms with Gasteiger partial charge in [0.2, 0.25) is 0 Å². The lowest BCUT2D eigenvalue weighted by Crippen LogP contribution is -2.51. The molecule has 1 saturated heterocycles. The Morgan fingerprint density at radius 3 is 2.62 bits per heavy atom. The molecule has 16 heavy (non-hydrogen) atoms. The molecule has 6 heteroatoms. The van der Waals surface area contributed by atoms with Crippen LogP contribution in [-0.4, -0.2) is 48.5 Å². The number of piperidine rings is 1. The number of halogens is 3. The normalized spacial score (nSPS) is 25.7. The van der Waals surface area contributed by atoms with Gasteiger partial charge in [0, 0.05) is 13.2 Å².